The van der Waals surface area contributed by atoms with Crippen LogP contribution in [0.3, 0.4) is 0 Å². The predicted octanol–water partition coefficient (Wildman–Crippen LogP) is 6.31. The standard InChI is InChI=1S/C17H15F3INO3/c1-16(2,3)10-5-7-14(12(21)8-10)25-15-9-11(17(18,19)20)4-6-13(15)22(23)24/h4-9H,1-3H3. The number of hydrogen-bond acceptors (Lipinski definition) is 3. The van der Waals surface area contributed by atoms with Crippen molar-refractivity contribution in [2.24, 2.45) is 0 Å². The lowest BCUT2D eigenvalue weighted by molar-refractivity contribution is -0.385. The summed E-state index contributed by atoms with van der Waals surface area (Å²) in [6.45, 7) is 6.07. The molecular formula is C17H15F3INO3. The van der Waals surface area contributed by atoms with Gasteiger partial charge in [0.05, 0.1) is 14.1 Å². The topological polar surface area (TPSA) is 52.4 Å². The minimum atomic E-state index is -4.61. The summed E-state index contributed by atoms with van der Waals surface area (Å²) in [6, 6.07) is 7.34. The first-order chi connectivity index (χ1) is 11.4. The molecule has 2 rings (SSSR count). The summed E-state index contributed by atoms with van der Waals surface area (Å²) >= 11 is 1.99. The Balaban J connectivity index is 2.47. The molecule has 0 saturated heterocycles. The average Bonchev–Trinajstić information content (AvgIpc) is 2.47. The van der Waals surface area contributed by atoms with Crippen molar-refractivity contribution >= 4 is 28.3 Å². The van der Waals surface area contributed by atoms with Crippen molar-refractivity contribution in [1.82, 2.24) is 0 Å². The van der Waals surface area contributed by atoms with Crippen LogP contribution in [0.4, 0.5) is 18.9 Å². The van der Waals surface area contributed by atoms with Crippen molar-refractivity contribution in [3.05, 3.63) is 61.2 Å². The molecule has 0 amide bonds. The van der Waals surface area contributed by atoms with Crippen LogP contribution in [0.15, 0.2) is 36.4 Å². The van der Waals surface area contributed by atoms with Crippen molar-refractivity contribution in [2.75, 3.05) is 0 Å². The summed E-state index contributed by atoms with van der Waals surface area (Å²) in [6.07, 6.45) is -4.61. The zero-order valence-electron chi connectivity index (χ0n) is 13.6. The number of hydrogen-bond donors (Lipinski definition) is 0. The number of nitro benzene ring substituents is 1. The van der Waals surface area contributed by atoms with Gasteiger partial charge in [-0.3, -0.25) is 10.1 Å². The van der Waals surface area contributed by atoms with E-state index in [9.17, 15) is 23.3 Å². The normalized spacial score (nSPS) is 12.1. The van der Waals surface area contributed by atoms with Crippen LogP contribution in [0.1, 0.15) is 31.9 Å². The average molecular weight is 465 g/mol. The highest BCUT2D eigenvalue weighted by atomic mass is 127. The molecule has 0 aliphatic rings. The van der Waals surface area contributed by atoms with Gasteiger partial charge in [-0.1, -0.05) is 26.8 Å². The minimum Gasteiger partial charge on any atom is -0.449 e. The van der Waals surface area contributed by atoms with E-state index in [1.54, 1.807) is 12.1 Å². The van der Waals surface area contributed by atoms with Crippen LogP contribution in [-0.4, -0.2) is 4.92 Å². The van der Waals surface area contributed by atoms with E-state index in [4.69, 9.17) is 4.74 Å². The van der Waals surface area contributed by atoms with E-state index >= 15 is 0 Å². The van der Waals surface area contributed by atoms with Crippen molar-refractivity contribution in [2.45, 2.75) is 32.4 Å². The number of nitro groups is 1. The second-order valence-electron chi connectivity index (χ2n) is 6.43. The van der Waals surface area contributed by atoms with Gasteiger partial charge in [0.1, 0.15) is 5.75 Å². The third-order valence-electron chi connectivity index (χ3n) is 3.50. The monoisotopic (exact) mass is 465 g/mol. The highest BCUT2D eigenvalue weighted by molar-refractivity contribution is 14.1. The molecule has 0 fully saturated rings. The molecule has 0 unspecified atom stereocenters. The molecule has 0 radical (unpaired) electrons. The molecule has 0 heterocycles. The number of benzene rings is 2. The summed E-state index contributed by atoms with van der Waals surface area (Å²) in [4.78, 5) is 10.3. The maximum atomic E-state index is 12.9. The Morgan fingerprint density at radius 3 is 2.08 bits per heavy atom. The van der Waals surface area contributed by atoms with Crippen LogP contribution in [0.5, 0.6) is 11.5 Å². The summed E-state index contributed by atoms with van der Waals surface area (Å²) in [5.74, 6) is -0.183. The molecule has 134 valence electrons. The van der Waals surface area contributed by atoms with E-state index in [1.807, 2.05) is 49.4 Å². The van der Waals surface area contributed by atoms with Crippen molar-refractivity contribution in [1.29, 1.82) is 0 Å². The molecule has 0 aromatic heterocycles. The van der Waals surface area contributed by atoms with E-state index in [2.05, 4.69) is 0 Å². The molecule has 4 nitrogen and oxygen atoms in total. The maximum Gasteiger partial charge on any atom is 0.416 e. The molecular weight excluding hydrogens is 450 g/mol. The molecule has 0 aliphatic heterocycles. The number of nitrogens with zero attached hydrogens (tertiary/aromatic N) is 1. The Labute approximate surface area is 156 Å². The largest absolute Gasteiger partial charge is 0.449 e. The van der Waals surface area contributed by atoms with Crippen LogP contribution >= 0.6 is 22.6 Å². The summed E-state index contributed by atoms with van der Waals surface area (Å²) < 4.78 is 44.7. The lowest BCUT2D eigenvalue weighted by Gasteiger charge is -2.20. The second kappa shape index (κ2) is 6.81. The molecule has 0 saturated carbocycles. The predicted molar refractivity (Wildman–Crippen MR) is 96.0 cm³/mol. The molecule has 0 spiro atoms. The third kappa shape index (κ3) is 4.62. The van der Waals surface area contributed by atoms with Gasteiger partial charge >= 0.3 is 11.9 Å². The Morgan fingerprint density at radius 2 is 1.60 bits per heavy atom. The minimum absolute atomic E-state index is 0.110. The zero-order chi connectivity index (χ0) is 19.0. The fourth-order valence-electron chi connectivity index (χ4n) is 2.09. The highest BCUT2D eigenvalue weighted by Gasteiger charge is 2.33. The van der Waals surface area contributed by atoms with Crippen molar-refractivity contribution < 1.29 is 22.8 Å². The zero-order valence-corrected chi connectivity index (χ0v) is 15.8. The molecule has 0 aliphatic carbocycles. The van der Waals surface area contributed by atoms with E-state index < -0.39 is 28.1 Å². The lowest BCUT2D eigenvalue weighted by atomic mass is 9.87. The Morgan fingerprint density at radius 1 is 1.00 bits per heavy atom. The highest BCUT2D eigenvalue weighted by Crippen LogP contribution is 2.39. The molecule has 0 bridgehead atoms. The van der Waals surface area contributed by atoms with Gasteiger partial charge in [0.25, 0.3) is 0 Å². The van der Waals surface area contributed by atoms with Crippen molar-refractivity contribution in [3.63, 3.8) is 0 Å². The lowest BCUT2D eigenvalue weighted by Crippen LogP contribution is -2.11. The van der Waals surface area contributed by atoms with E-state index in [0.29, 0.717) is 15.7 Å². The van der Waals surface area contributed by atoms with Gasteiger partial charge < -0.3 is 4.74 Å². The van der Waals surface area contributed by atoms with Crippen LogP contribution in [-0.2, 0) is 11.6 Å². The smallest absolute Gasteiger partial charge is 0.416 e. The third-order valence-corrected chi connectivity index (χ3v) is 4.34. The fourth-order valence-corrected chi connectivity index (χ4v) is 2.72. The quantitative estimate of drug-likeness (QED) is 0.304. The number of ether oxygens (including phenoxy) is 1. The van der Waals surface area contributed by atoms with E-state index in [1.165, 1.54) is 0 Å². The van der Waals surface area contributed by atoms with Gasteiger partial charge in [-0.05, 0) is 51.8 Å². The fraction of sp³-hybridized carbons (Fsp3) is 0.294. The van der Waals surface area contributed by atoms with Gasteiger partial charge in [0.2, 0.25) is 5.75 Å². The first kappa shape index (κ1) is 19.5. The number of rotatable bonds is 3. The first-order valence-corrected chi connectivity index (χ1v) is 8.31. The summed E-state index contributed by atoms with van der Waals surface area (Å²) in [5, 5.41) is 11.1. The Kier molecular flexibility index (Phi) is 5.31. The second-order valence-corrected chi connectivity index (χ2v) is 7.60. The van der Waals surface area contributed by atoms with E-state index in [0.717, 1.165) is 11.6 Å². The van der Waals surface area contributed by atoms with Crippen LogP contribution < -0.4 is 4.74 Å². The Hall–Kier alpha value is -1.84. The molecule has 2 aromatic carbocycles. The molecule has 0 N–H and O–H groups in total. The van der Waals surface area contributed by atoms with Gasteiger partial charge in [0.15, 0.2) is 0 Å². The SMILES string of the molecule is CC(C)(C)c1ccc(Oc2cc(C(F)(F)F)ccc2[N+](=O)[O-])c(I)c1. The summed E-state index contributed by atoms with van der Waals surface area (Å²) in [7, 11) is 0. The maximum absolute atomic E-state index is 12.9. The molecule has 0 atom stereocenters. The van der Waals surface area contributed by atoms with E-state index in [-0.39, 0.29) is 11.2 Å². The molecule has 2 aromatic rings. The van der Waals surface area contributed by atoms with Crippen LogP contribution in [0, 0.1) is 13.7 Å². The molecule has 8 heteroatoms. The molecule has 25 heavy (non-hydrogen) atoms. The first-order valence-electron chi connectivity index (χ1n) is 7.23. The number of alkyl halides is 3. The van der Waals surface area contributed by atoms with Gasteiger partial charge in [-0.25, -0.2) is 0 Å². The van der Waals surface area contributed by atoms with Crippen molar-refractivity contribution in [3.8, 4) is 11.5 Å². The summed E-state index contributed by atoms with van der Waals surface area (Å²) in [5.41, 5.74) is -0.624. The van der Waals surface area contributed by atoms with Crippen LogP contribution in [0.2, 0.25) is 0 Å². The number of halogens is 4. The van der Waals surface area contributed by atoms with Crippen LogP contribution in [0.25, 0.3) is 0 Å². The van der Waals surface area contributed by atoms with Gasteiger partial charge in [0, 0.05) is 12.1 Å². The Bertz CT molecular complexity index is 814. The van der Waals surface area contributed by atoms with Gasteiger partial charge in [-0.15, -0.1) is 0 Å². The van der Waals surface area contributed by atoms with Gasteiger partial charge in [-0.2, -0.15) is 13.2 Å².